The summed E-state index contributed by atoms with van der Waals surface area (Å²) in [5.41, 5.74) is 0.628. The summed E-state index contributed by atoms with van der Waals surface area (Å²) in [5, 5.41) is 7.75. The molecule has 0 aliphatic heterocycles. The largest absolute Gasteiger partial charge is 0.348 e. The Bertz CT molecular complexity index is 891. The van der Waals surface area contributed by atoms with E-state index in [1.807, 2.05) is 0 Å². The number of benzene rings is 1. The molecule has 24 heavy (non-hydrogen) atoms. The first-order valence-corrected chi connectivity index (χ1v) is 10.3. The van der Waals surface area contributed by atoms with Gasteiger partial charge in [0, 0.05) is 11.4 Å². The third-order valence-electron chi connectivity index (χ3n) is 5.31. The Hall–Kier alpha value is -1.89. The van der Waals surface area contributed by atoms with Crippen molar-refractivity contribution in [3.05, 3.63) is 30.0 Å². The van der Waals surface area contributed by atoms with E-state index in [4.69, 9.17) is 0 Å². The summed E-state index contributed by atoms with van der Waals surface area (Å²) in [5.74, 6) is 1.17. The predicted molar refractivity (Wildman–Crippen MR) is 91.3 cm³/mol. The van der Waals surface area contributed by atoms with Gasteiger partial charge < -0.3 is 5.32 Å². The summed E-state index contributed by atoms with van der Waals surface area (Å²) in [6.45, 7) is 0. The molecule has 2 aliphatic carbocycles. The van der Waals surface area contributed by atoms with E-state index in [1.165, 1.54) is 19.3 Å². The summed E-state index contributed by atoms with van der Waals surface area (Å²) in [6.07, 6.45) is 6.95. The van der Waals surface area contributed by atoms with Crippen molar-refractivity contribution in [1.29, 1.82) is 0 Å². The van der Waals surface area contributed by atoms with Crippen LogP contribution in [0.25, 0.3) is 10.9 Å². The summed E-state index contributed by atoms with van der Waals surface area (Å²) < 4.78 is 24.8. The fourth-order valence-electron chi connectivity index (χ4n) is 4.34. The highest BCUT2D eigenvalue weighted by Crippen LogP contribution is 2.42. The molecule has 0 saturated heterocycles. The molecule has 128 valence electrons. The lowest BCUT2D eigenvalue weighted by Crippen LogP contribution is -2.39. The van der Waals surface area contributed by atoms with Gasteiger partial charge in [-0.25, -0.2) is 8.42 Å². The van der Waals surface area contributed by atoms with Crippen LogP contribution in [0.1, 0.15) is 42.6 Å². The van der Waals surface area contributed by atoms with Gasteiger partial charge in [-0.1, -0.05) is 31.0 Å². The first-order valence-electron chi connectivity index (χ1n) is 8.41. The SMILES string of the molecule is CS(=O)(=O)n1nc(C(=O)NC2CC3CCC(C3)C2)c2ccccc21. The maximum absolute atomic E-state index is 12.7. The van der Waals surface area contributed by atoms with Crippen molar-refractivity contribution in [2.24, 2.45) is 11.8 Å². The molecule has 2 bridgehead atoms. The number of fused-ring (bicyclic) bond motifs is 3. The zero-order chi connectivity index (χ0) is 16.9. The molecule has 6 nitrogen and oxygen atoms in total. The number of amides is 1. The Kier molecular flexibility index (Phi) is 3.63. The van der Waals surface area contributed by atoms with Gasteiger partial charge in [-0.05, 0) is 37.2 Å². The Morgan fingerprint density at radius 3 is 2.50 bits per heavy atom. The second kappa shape index (κ2) is 5.58. The van der Waals surface area contributed by atoms with Crippen molar-refractivity contribution < 1.29 is 13.2 Å². The van der Waals surface area contributed by atoms with Crippen LogP contribution in [0.4, 0.5) is 0 Å². The first kappa shape index (κ1) is 15.6. The van der Waals surface area contributed by atoms with Crippen LogP contribution < -0.4 is 5.32 Å². The lowest BCUT2D eigenvalue weighted by molar-refractivity contribution is 0.0914. The van der Waals surface area contributed by atoms with Gasteiger partial charge in [-0.15, -0.1) is 0 Å². The van der Waals surface area contributed by atoms with Gasteiger partial charge in [0.2, 0.25) is 0 Å². The van der Waals surface area contributed by atoms with Crippen LogP contribution in [0.3, 0.4) is 0 Å². The molecule has 2 unspecified atom stereocenters. The summed E-state index contributed by atoms with van der Waals surface area (Å²) >= 11 is 0. The lowest BCUT2D eigenvalue weighted by Gasteiger charge is -2.28. The number of carbonyl (C=O) groups excluding carboxylic acids is 1. The number of carbonyl (C=O) groups is 1. The molecule has 7 heteroatoms. The van der Waals surface area contributed by atoms with Crippen LogP contribution in [0.5, 0.6) is 0 Å². The van der Waals surface area contributed by atoms with Crippen molar-refractivity contribution in [3.63, 3.8) is 0 Å². The minimum atomic E-state index is -3.56. The molecule has 1 amide bonds. The number of aromatic nitrogens is 2. The molecule has 0 radical (unpaired) electrons. The minimum absolute atomic E-state index is 0.172. The average molecular weight is 347 g/mol. The normalized spacial score (nSPS) is 26.6. The molecule has 1 N–H and O–H groups in total. The Labute approximate surface area is 141 Å². The zero-order valence-corrected chi connectivity index (χ0v) is 14.4. The lowest BCUT2D eigenvalue weighted by atomic mass is 9.85. The van der Waals surface area contributed by atoms with E-state index < -0.39 is 10.0 Å². The molecule has 4 rings (SSSR count). The van der Waals surface area contributed by atoms with Gasteiger partial charge in [0.1, 0.15) is 0 Å². The highest BCUT2D eigenvalue weighted by atomic mass is 32.2. The van der Waals surface area contributed by atoms with Gasteiger partial charge >= 0.3 is 0 Å². The van der Waals surface area contributed by atoms with E-state index in [9.17, 15) is 13.2 Å². The second-order valence-corrected chi connectivity index (χ2v) is 8.97. The molecule has 1 aromatic heterocycles. The highest BCUT2D eigenvalue weighted by Gasteiger charge is 2.35. The van der Waals surface area contributed by atoms with Crippen LogP contribution in [0.15, 0.2) is 24.3 Å². The van der Waals surface area contributed by atoms with Crippen LogP contribution in [-0.4, -0.2) is 35.8 Å². The maximum atomic E-state index is 12.7. The number of hydrogen-bond donors (Lipinski definition) is 1. The Balaban J connectivity index is 1.65. The Morgan fingerprint density at radius 1 is 1.17 bits per heavy atom. The van der Waals surface area contributed by atoms with E-state index in [2.05, 4.69) is 10.4 Å². The number of nitrogens with zero attached hydrogens (tertiary/aromatic N) is 2. The highest BCUT2D eigenvalue weighted by molar-refractivity contribution is 7.89. The summed E-state index contributed by atoms with van der Waals surface area (Å²) in [6, 6.07) is 7.11. The number of para-hydroxylation sites is 1. The minimum Gasteiger partial charge on any atom is -0.348 e. The van der Waals surface area contributed by atoms with Gasteiger partial charge in [0.25, 0.3) is 15.9 Å². The average Bonchev–Trinajstić information content (AvgIpc) is 3.07. The predicted octanol–water partition coefficient (Wildman–Crippen LogP) is 2.15. The van der Waals surface area contributed by atoms with Crippen molar-refractivity contribution in [2.75, 3.05) is 6.26 Å². The molecule has 2 atom stereocenters. The standard InChI is InChI=1S/C17H21N3O3S/c1-24(22,23)20-15-5-3-2-4-14(15)16(19-20)17(21)18-13-9-11-6-7-12(8-11)10-13/h2-5,11-13H,6-10H2,1H3,(H,18,21). The van der Waals surface area contributed by atoms with Gasteiger partial charge in [0.15, 0.2) is 5.69 Å². The molecular formula is C17H21N3O3S. The van der Waals surface area contributed by atoms with Crippen molar-refractivity contribution >= 4 is 26.8 Å². The second-order valence-electron chi connectivity index (χ2n) is 7.16. The molecule has 2 aliphatic rings. The van der Waals surface area contributed by atoms with Crippen LogP contribution in [0, 0.1) is 11.8 Å². The monoisotopic (exact) mass is 347 g/mol. The molecule has 1 aromatic carbocycles. The number of rotatable bonds is 3. The maximum Gasteiger partial charge on any atom is 0.272 e. The van der Waals surface area contributed by atoms with E-state index in [1.54, 1.807) is 24.3 Å². The van der Waals surface area contributed by atoms with E-state index in [0.717, 1.165) is 35.0 Å². The quantitative estimate of drug-likeness (QED) is 0.922. The third kappa shape index (κ3) is 2.70. The van der Waals surface area contributed by atoms with Gasteiger partial charge in [-0.2, -0.15) is 9.19 Å². The van der Waals surface area contributed by atoms with E-state index in [-0.39, 0.29) is 17.6 Å². The van der Waals surface area contributed by atoms with E-state index in [0.29, 0.717) is 10.9 Å². The summed E-state index contributed by atoms with van der Waals surface area (Å²) in [7, 11) is -3.56. The third-order valence-corrected chi connectivity index (χ3v) is 6.21. The molecule has 1 heterocycles. The van der Waals surface area contributed by atoms with Crippen LogP contribution in [-0.2, 0) is 10.0 Å². The first-order chi connectivity index (χ1) is 11.4. The molecule has 2 aromatic rings. The molecule has 2 saturated carbocycles. The molecule has 0 spiro atoms. The van der Waals surface area contributed by atoms with Crippen molar-refractivity contribution in [1.82, 2.24) is 14.5 Å². The van der Waals surface area contributed by atoms with Crippen molar-refractivity contribution in [3.8, 4) is 0 Å². The zero-order valence-electron chi connectivity index (χ0n) is 13.6. The fraction of sp³-hybridized carbons (Fsp3) is 0.529. The fourth-order valence-corrected chi connectivity index (χ4v) is 5.09. The van der Waals surface area contributed by atoms with Crippen molar-refractivity contribution in [2.45, 2.75) is 38.1 Å². The molecule has 2 fully saturated rings. The summed E-state index contributed by atoms with van der Waals surface area (Å²) in [4.78, 5) is 12.7. The smallest absolute Gasteiger partial charge is 0.272 e. The number of hydrogen-bond acceptors (Lipinski definition) is 4. The van der Waals surface area contributed by atoms with Gasteiger partial charge in [0.05, 0.1) is 11.8 Å². The van der Waals surface area contributed by atoms with Gasteiger partial charge in [-0.3, -0.25) is 4.79 Å². The molecular weight excluding hydrogens is 326 g/mol. The van der Waals surface area contributed by atoms with Crippen LogP contribution in [0.2, 0.25) is 0 Å². The Morgan fingerprint density at radius 2 is 1.83 bits per heavy atom. The van der Waals surface area contributed by atoms with Crippen LogP contribution >= 0.6 is 0 Å². The van der Waals surface area contributed by atoms with E-state index >= 15 is 0 Å². The number of nitrogens with one attached hydrogen (secondary N) is 1. The topological polar surface area (TPSA) is 81.1 Å².